The van der Waals surface area contributed by atoms with Gasteiger partial charge in [-0.2, -0.15) is 0 Å². The van der Waals surface area contributed by atoms with Crippen LogP contribution in [0, 0.1) is 0 Å². The largest absolute Gasteiger partial charge is 0.493 e. The summed E-state index contributed by atoms with van der Waals surface area (Å²) in [7, 11) is 3.17. The van der Waals surface area contributed by atoms with Crippen LogP contribution in [-0.2, 0) is 12.1 Å². The highest BCUT2D eigenvalue weighted by atomic mass is 35.5. The lowest BCUT2D eigenvalue weighted by Crippen LogP contribution is -2.30. The van der Waals surface area contributed by atoms with Gasteiger partial charge >= 0.3 is 0 Å². The quantitative estimate of drug-likeness (QED) is 0.899. The van der Waals surface area contributed by atoms with E-state index in [9.17, 15) is 5.11 Å². The smallest absolute Gasteiger partial charge is 0.179 e. The Balaban J connectivity index is 1.77. The first-order valence-electron chi connectivity index (χ1n) is 7.97. The highest BCUT2D eigenvalue weighted by molar-refractivity contribution is 6.33. The third kappa shape index (κ3) is 3.22. The number of methoxy groups -OCH3 is 2. The minimum Gasteiger partial charge on any atom is -0.493 e. The van der Waals surface area contributed by atoms with E-state index in [2.05, 4.69) is 4.90 Å². The SMILES string of the molecule is COc1ccc(CN2CC[C@@](O)(c3ccccc3)C2)c(Cl)c1OC. The van der Waals surface area contributed by atoms with Gasteiger partial charge in [-0.15, -0.1) is 0 Å². The molecule has 0 spiro atoms. The van der Waals surface area contributed by atoms with E-state index in [1.54, 1.807) is 14.2 Å². The molecule has 0 radical (unpaired) electrons. The van der Waals surface area contributed by atoms with E-state index in [1.807, 2.05) is 42.5 Å². The lowest BCUT2D eigenvalue weighted by molar-refractivity contribution is 0.0453. The Morgan fingerprint density at radius 1 is 1.12 bits per heavy atom. The maximum Gasteiger partial charge on any atom is 0.179 e. The van der Waals surface area contributed by atoms with Gasteiger partial charge in [0.05, 0.1) is 19.2 Å². The zero-order valence-electron chi connectivity index (χ0n) is 14.0. The second-order valence-corrected chi connectivity index (χ2v) is 6.51. The van der Waals surface area contributed by atoms with Crippen molar-refractivity contribution in [3.05, 3.63) is 58.6 Å². The number of likely N-dealkylation sites (tertiary alicyclic amines) is 1. The molecule has 0 aliphatic carbocycles. The molecule has 0 amide bonds. The Hall–Kier alpha value is -1.75. The van der Waals surface area contributed by atoms with Crippen molar-refractivity contribution in [2.45, 2.75) is 18.6 Å². The number of aliphatic hydroxyl groups is 1. The van der Waals surface area contributed by atoms with Crippen molar-refractivity contribution in [1.29, 1.82) is 0 Å². The van der Waals surface area contributed by atoms with Crippen LogP contribution >= 0.6 is 11.6 Å². The maximum absolute atomic E-state index is 10.9. The molecule has 0 bridgehead atoms. The average molecular weight is 348 g/mol. The molecular formula is C19H22ClNO3. The fourth-order valence-corrected chi connectivity index (χ4v) is 3.58. The first kappa shape index (κ1) is 17.1. The van der Waals surface area contributed by atoms with E-state index in [1.165, 1.54) is 0 Å². The normalized spacial score (nSPS) is 21.0. The van der Waals surface area contributed by atoms with Crippen LogP contribution in [0.25, 0.3) is 0 Å². The summed E-state index contributed by atoms with van der Waals surface area (Å²) in [5, 5.41) is 11.5. The van der Waals surface area contributed by atoms with Crippen molar-refractivity contribution in [1.82, 2.24) is 4.90 Å². The first-order chi connectivity index (χ1) is 11.6. The van der Waals surface area contributed by atoms with Crippen molar-refractivity contribution in [2.24, 2.45) is 0 Å². The molecule has 3 rings (SSSR count). The second kappa shape index (κ2) is 7.01. The highest BCUT2D eigenvalue weighted by Gasteiger charge is 2.37. The predicted molar refractivity (Wildman–Crippen MR) is 94.8 cm³/mol. The standard InChI is InChI=1S/C19H22ClNO3/c1-23-16-9-8-14(17(20)18(16)24-2)12-21-11-10-19(22,13-21)15-6-4-3-5-7-15/h3-9,22H,10-13H2,1-2H3/t19-/m0/s1. The van der Waals surface area contributed by atoms with Crippen molar-refractivity contribution in [2.75, 3.05) is 27.3 Å². The summed E-state index contributed by atoms with van der Waals surface area (Å²) in [6.45, 7) is 2.06. The molecule has 2 aromatic rings. The number of ether oxygens (including phenoxy) is 2. The van der Waals surface area contributed by atoms with Crippen LogP contribution in [0.4, 0.5) is 0 Å². The molecular weight excluding hydrogens is 326 g/mol. The van der Waals surface area contributed by atoms with Gasteiger partial charge < -0.3 is 14.6 Å². The molecule has 4 nitrogen and oxygen atoms in total. The van der Waals surface area contributed by atoms with Crippen LogP contribution in [0.2, 0.25) is 5.02 Å². The van der Waals surface area contributed by atoms with Gasteiger partial charge in [0.1, 0.15) is 5.60 Å². The van der Waals surface area contributed by atoms with Crippen LogP contribution in [0.1, 0.15) is 17.5 Å². The molecule has 128 valence electrons. The van der Waals surface area contributed by atoms with E-state index in [0.717, 1.165) is 17.7 Å². The molecule has 2 aromatic carbocycles. The topological polar surface area (TPSA) is 41.9 Å². The first-order valence-corrected chi connectivity index (χ1v) is 8.35. The molecule has 1 saturated heterocycles. The van der Waals surface area contributed by atoms with Gasteiger partial charge in [0.2, 0.25) is 0 Å². The molecule has 0 aromatic heterocycles. The van der Waals surface area contributed by atoms with Gasteiger partial charge in [0, 0.05) is 19.6 Å². The number of hydrogen-bond donors (Lipinski definition) is 1. The van der Waals surface area contributed by atoms with Crippen LogP contribution in [0.5, 0.6) is 11.5 Å². The van der Waals surface area contributed by atoms with Crippen LogP contribution < -0.4 is 9.47 Å². The molecule has 1 heterocycles. The van der Waals surface area contributed by atoms with Crippen molar-refractivity contribution < 1.29 is 14.6 Å². The lowest BCUT2D eigenvalue weighted by atomic mass is 9.93. The number of benzene rings is 2. The van der Waals surface area contributed by atoms with Crippen molar-refractivity contribution in [3.63, 3.8) is 0 Å². The van der Waals surface area contributed by atoms with Gasteiger partial charge in [-0.3, -0.25) is 4.90 Å². The maximum atomic E-state index is 10.9. The minimum absolute atomic E-state index is 0.550. The van der Waals surface area contributed by atoms with Gasteiger partial charge in [0.25, 0.3) is 0 Å². The summed E-state index contributed by atoms with van der Waals surface area (Å²) < 4.78 is 10.6. The summed E-state index contributed by atoms with van der Waals surface area (Å²) in [4.78, 5) is 2.21. The van der Waals surface area contributed by atoms with E-state index in [-0.39, 0.29) is 0 Å². The number of nitrogens with zero attached hydrogens (tertiary/aromatic N) is 1. The Kier molecular flexibility index (Phi) is 4.99. The van der Waals surface area contributed by atoms with E-state index >= 15 is 0 Å². The summed E-state index contributed by atoms with van der Waals surface area (Å²) in [5.74, 6) is 1.17. The summed E-state index contributed by atoms with van der Waals surface area (Å²) in [6, 6.07) is 13.6. The van der Waals surface area contributed by atoms with Crippen molar-refractivity contribution in [3.8, 4) is 11.5 Å². The van der Waals surface area contributed by atoms with Crippen LogP contribution in [-0.4, -0.2) is 37.3 Å². The molecule has 1 N–H and O–H groups in total. The fourth-order valence-electron chi connectivity index (χ4n) is 3.28. The summed E-state index contributed by atoms with van der Waals surface area (Å²) >= 11 is 6.47. The molecule has 1 fully saturated rings. The molecule has 1 aliphatic heterocycles. The van der Waals surface area contributed by atoms with E-state index < -0.39 is 5.60 Å². The molecule has 24 heavy (non-hydrogen) atoms. The Morgan fingerprint density at radius 2 is 1.88 bits per heavy atom. The lowest BCUT2D eigenvalue weighted by Gasteiger charge is -2.24. The van der Waals surface area contributed by atoms with E-state index in [0.29, 0.717) is 36.0 Å². The number of hydrogen-bond acceptors (Lipinski definition) is 4. The molecule has 1 atom stereocenters. The Bertz CT molecular complexity index is 707. The summed E-state index contributed by atoms with van der Waals surface area (Å²) in [5.41, 5.74) is 1.13. The third-order valence-electron chi connectivity index (χ3n) is 4.60. The Labute approximate surface area is 147 Å². The van der Waals surface area contributed by atoms with Crippen LogP contribution in [0.15, 0.2) is 42.5 Å². The molecule has 0 saturated carbocycles. The van der Waals surface area contributed by atoms with Crippen molar-refractivity contribution >= 4 is 11.6 Å². The van der Waals surface area contributed by atoms with Gasteiger partial charge in [-0.25, -0.2) is 0 Å². The fraction of sp³-hybridized carbons (Fsp3) is 0.368. The van der Waals surface area contributed by atoms with Gasteiger partial charge in [-0.1, -0.05) is 48.0 Å². The van der Waals surface area contributed by atoms with Gasteiger partial charge in [-0.05, 0) is 23.6 Å². The second-order valence-electron chi connectivity index (χ2n) is 6.13. The molecule has 5 heteroatoms. The highest BCUT2D eigenvalue weighted by Crippen LogP contribution is 2.39. The number of rotatable bonds is 5. The monoisotopic (exact) mass is 347 g/mol. The Morgan fingerprint density at radius 3 is 2.54 bits per heavy atom. The number of halogens is 1. The molecule has 0 unspecified atom stereocenters. The minimum atomic E-state index is -0.801. The summed E-state index contributed by atoms with van der Waals surface area (Å²) in [6.07, 6.45) is 0.710. The third-order valence-corrected chi connectivity index (χ3v) is 5.01. The molecule has 1 aliphatic rings. The van der Waals surface area contributed by atoms with E-state index in [4.69, 9.17) is 21.1 Å². The van der Waals surface area contributed by atoms with Crippen LogP contribution in [0.3, 0.4) is 0 Å². The zero-order chi connectivity index (χ0) is 17.2. The predicted octanol–water partition coefficient (Wildman–Crippen LogP) is 3.45. The average Bonchev–Trinajstić information content (AvgIpc) is 2.99. The van der Waals surface area contributed by atoms with Gasteiger partial charge in [0.15, 0.2) is 11.5 Å². The number of β-amino-alcohol motifs (C(OH)–C–C–N with tert-alkyl or cyclic N) is 1. The zero-order valence-corrected chi connectivity index (χ0v) is 14.7.